The summed E-state index contributed by atoms with van der Waals surface area (Å²) in [6, 6.07) is 6.89. The first-order valence-corrected chi connectivity index (χ1v) is 9.30. The van der Waals surface area contributed by atoms with Crippen LogP contribution in [0.5, 0.6) is 5.75 Å². The van der Waals surface area contributed by atoms with Gasteiger partial charge in [0.2, 0.25) is 0 Å². The highest BCUT2D eigenvalue weighted by molar-refractivity contribution is 6.30. The molecule has 27 heavy (non-hydrogen) atoms. The van der Waals surface area contributed by atoms with Crippen molar-refractivity contribution in [2.75, 3.05) is 19.6 Å². The summed E-state index contributed by atoms with van der Waals surface area (Å²) >= 11 is 5.90. The molecule has 0 radical (unpaired) electrons. The van der Waals surface area contributed by atoms with Crippen LogP contribution in [0, 0.1) is 0 Å². The monoisotopic (exact) mass is 391 g/mol. The maximum atomic E-state index is 12.2. The molecule has 2 amide bonds. The van der Waals surface area contributed by atoms with Gasteiger partial charge >= 0.3 is 0 Å². The van der Waals surface area contributed by atoms with Crippen molar-refractivity contribution in [2.24, 2.45) is 0 Å². The van der Waals surface area contributed by atoms with Crippen LogP contribution in [0.2, 0.25) is 5.02 Å². The fraction of sp³-hybridized carbons (Fsp3) is 0.444. The smallest absolute Gasteiger partial charge is 0.276 e. The van der Waals surface area contributed by atoms with Gasteiger partial charge in [0.15, 0.2) is 11.8 Å². The molecule has 0 unspecified atom stereocenters. The molecule has 0 saturated carbocycles. The van der Waals surface area contributed by atoms with Crippen molar-refractivity contribution in [1.29, 1.82) is 0 Å². The predicted octanol–water partition coefficient (Wildman–Crippen LogP) is 1.75. The molecule has 1 saturated heterocycles. The minimum atomic E-state index is -0.661. The second kappa shape index (κ2) is 8.85. The molecule has 1 atom stereocenters. The third-order valence-corrected chi connectivity index (χ3v) is 4.50. The van der Waals surface area contributed by atoms with Gasteiger partial charge in [-0.25, -0.2) is 4.68 Å². The molecule has 144 valence electrons. The van der Waals surface area contributed by atoms with Crippen LogP contribution < -0.4 is 10.1 Å². The molecule has 1 aliphatic heterocycles. The summed E-state index contributed by atoms with van der Waals surface area (Å²) in [7, 11) is 0. The Balaban J connectivity index is 1.44. The molecular formula is C18H22ClN5O3. The van der Waals surface area contributed by atoms with Gasteiger partial charge in [0, 0.05) is 24.7 Å². The molecule has 1 aromatic carbocycles. The van der Waals surface area contributed by atoms with Gasteiger partial charge in [-0.1, -0.05) is 22.9 Å². The van der Waals surface area contributed by atoms with Gasteiger partial charge in [-0.3, -0.25) is 9.59 Å². The van der Waals surface area contributed by atoms with E-state index in [1.54, 1.807) is 47.0 Å². The zero-order valence-electron chi connectivity index (χ0n) is 15.1. The second-order valence-corrected chi connectivity index (χ2v) is 6.81. The third kappa shape index (κ3) is 5.19. The number of ether oxygens (including phenoxy) is 1. The summed E-state index contributed by atoms with van der Waals surface area (Å²) in [5.41, 5.74) is 0.334. The van der Waals surface area contributed by atoms with E-state index in [0.717, 1.165) is 25.9 Å². The van der Waals surface area contributed by atoms with Crippen LogP contribution in [0.3, 0.4) is 0 Å². The Kier molecular flexibility index (Phi) is 6.28. The topological polar surface area (TPSA) is 89.4 Å². The number of nitrogens with one attached hydrogen (secondary N) is 1. The van der Waals surface area contributed by atoms with E-state index in [2.05, 4.69) is 15.6 Å². The molecule has 1 aliphatic rings. The van der Waals surface area contributed by atoms with Crippen molar-refractivity contribution >= 4 is 23.4 Å². The Morgan fingerprint density at radius 3 is 2.85 bits per heavy atom. The molecule has 1 aromatic heterocycles. The van der Waals surface area contributed by atoms with Gasteiger partial charge in [0.25, 0.3) is 11.8 Å². The Bertz CT molecular complexity index is 804. The number of nitrogens with zero attached hydrogens (tertiary/aromatic N) is 4. The summed E-state index contributed by atoms with van der Waals surface area (Å²) in [6.07, 6.45) is 3.01. The number of carbonyl (C=O) groups excluding carboxylic acids is 2. The number of carbonyl (C=O) groups is 2. The molecule has 1 fully saturated rings. The molecule has 1 N–H and O–H groups in total. The fourth-order valence-corrected chi connectivity index (χ4v) is 3.00. The quantitative estimate of drug-likeness (QED) is 0.776. The van der Waals surface area contributed by atoms with Crippen molar-refractivity contribution in [2.45, 2.75) is 32.4 Å². The van der Waals surface area contributed by atoms with E-state index in [1.807, 2.05) is 0 Å². The summed E-state index contributed by atoms with van der Waals surface area (Å²) in [4.78, 5) is 26.2. The van der Waals surface area contributed by atoms with Gasteiger partial charge in [-0.15, -0.1) is 5.10 Å². The highest BCUT2D eigenvalue weighted by Gasteiger charge is 2.22. The highest BCUT2D eigenvalue weighted by Crippen LogP contribution is 2.18. The van der Waals surface area contributed by atoms with E-state index in [-0.39, 0.29) is 11.8 Å². The molecule has 0 bridgehead atoms. The van der Waals surface area contributed by atoms with E-state index in [4.69, 9.17) is 16.3 Å². The van der Waals surface area contributed by atoms with Crippen molar-refractivity contribution in [1.82, 2.24) is 25.2 Å². The van der Waals surface area contributed by atoms with Crippen molar-refractivity contribution in [3.63, 3.8) is 0 Å². The van der Waals surface area contributed by atoms with E-state index in [0.29, 0.717) is 29.6 Å². The van der Waals surface area contributed by atoms with E-state index in [9.17, 15) is 9.59 Å². The fourth-order valence-electron chi connectivity index (χ4n) is 2.82. The van der Waals surface area contributed by atoms with Crippen LogP contribution in [0.25, 0.3) is 0 Å². The lowest BCUT2D eigenvalue weighted by Gasteiger charge is -2.14. The lowest BCUT2D eigenvalue weighted by Crippen LogP contribution is -2.38. The molecule has 9 heteroatoms. The maximum absolute atomic E-state index is 12.2. The average molecular weight is 392 g/mol. The Labute approximate surface area is 162 Å². The lowest BCUT2D eigenvalue weighted by molar-refractivity contribution is -0.127. The molecular weight excluding hydrogens is 370 g/mol. The Morgan fingerprint density at radius 1 is 1.33 bits per heavy atom. The number of hydrogen-bond donors (Lipinski definition) is 1. The van der Waals surface area contributed by atoms with Crippen LogP contribution in [0.15, 0.2) is 30.5 Å². The summed E-state index contributed by atoms with van der Waals surface area (Å²) in [5.74, 6) is 0.196. The number of halogens is 1. The normalized spacial score (nSPS) is 14.8. The molecule has 8 nitrogen and oxygen atoms in total. The minimum absolute atomic E-state index is 0.0914. The predicted molar refractivity (Wildman–Crippen MR) is 99.7 cm³/mol. The molecule has 2 heterocycles. The zero-order valence-corrected chi connectivity index (χ0v) is 15.9. The number of rotatable bonds is 7. The first-order valence-electron chi connectivity index (χ1n) is 8.92. The third-order valence-electron chi connectivity index (χ3n) is 4.27. The van der Waals surface area contributed by atoms with Crippen LogP contribution >= 0.6 is 11.6 Å². The molecule has 0 aliphatic carbocycles. The van der Waals surface area contributed by atoms with Gasteiger partial charge < -0.3 is 15.0 Å². The van der Waals surface area contributed by atoms with Gasteiger partial charge in [0.1, 0.15) is 5.75 Å². The second-order valence-electron chi connectivity index (χ2n) is 6.37. The van der Waals surface area contributed by atoms with Gasteiger partial charge in [-0.2, -0.15) is 0 Å². The summed E-state index contributed by atoms with van der Waals surface area (Å²) < 4.78 is 7.12. The van der Waals surface area contributed by atoms with Crippen molar-refractivity contribution < 1.29 is 14.3 Å². The summed E-state index contributed by atoms with van der Waals surface area (Å²) in [5, 5.41) is 11.2. The standard InChI is InChI=1S/C18H22ClN5O3/c1-13(27-15-6-4-5-14(19)11-15)17(25)20-7-10-24-12-16(21-22-24)18(26)23-8-2-3-9-23/h4-6,11-13H,2-3,7-10H2,1H3,(H,20,25)/t13-/m0/s1. The van der Waals surface area contributed by atoms with Gasteiger partial charge in [-0.05, 0) is 38.0 Å². The minimum Gasteiger partial charge on any atom is -0.481 e. The first kappa shape index (κ1) is 19.2. The van der Waals surface area contributed by atoms with Crippen LogP contribution in [-0.2, 0) is 11.3 Å². The highest BCUT2D eigenvalue weighted by atomic mass is 35.5. The molecule has 0 spiro atoms. The van der Waals surface area contributed by atoms with Crippen molar-refractivity contribution in [3.8, 4) is 5.75 Å². The number of benzene rings is 1. The first-order chi connectivity index (χ1) is 13.0. The van der Waals surface area contributed by atoms with E-state index in [1.165, 1.54) is 0 Å². The molecule has 3 rings (SSSR count). The number of likely N-dealkylation sites (tertiary alicyclic amines) is 1. The number of aromatic nitrogens is 3. The average Bonchev–Trinajstić information content (AvgIpc) is 3.33. The lowest BCUT2D eigenvalue weighted by atomic mass is 10.3. The van der Waals surface area contributed by atoms with E-state index >= 15 is 0 Å². The SMILES string of the molecule is C[C@H](Oc1cccc(Cl)c1)C(=O)NCCn1cc(C(=O)N2CCCC2)nn1. The molecule has 2 aromatic rings. The Hall–Kier alpha value is -2.61. The van der Waals surface area contributed by atoms with Crippen LogP contribution in [0.4, 0.5) is 0 Å². The Morgan fingerprint density at radius 2 is 2.11 bits per heavy atom. The largest absolute Gasteiger partial charge is 0.481 e. The number of hydrogen-bond acceptors (Lipinski definition) is 5. The van der Waals surface area contributed by atoms with Crippen molar-refractivity contribution in [3.05, 3.63) is 41.2 Å². The van der Waals surface area contributed by atoms with E-state index < -0.39 is 6.10 Å². The van der Waals surface area contributed by atoms with Crippen LogP contribution in [-0.4, -0.2) is 57.4 Å². The number of amides is 2. The maximum Gasteiger partial charge on any atom is 0.276 e. The zero-order chi connectivity index (χ0) is 19.2. The summed E-state index contributed by atoms with van der Waals surface area (Å²) in [6.45, 7) is 3.97. The van der Waals surface area contributed by atoms with Gasteiger partial charge in [0.05, 0.1) is 12.7 Å². The van der Waals surface area contributed by atoms with Crippen LogP contribution in [0.1, 0.15) is 30.3 Å².